The number of hydrogen-bond donors (Lipinski definition) is 6. The van der Waals surface area contributed by atoms with E-state index >= 15 is 0 Å². The molecular weight excluding hydrogens is 196 g/mol. The minimum atomic E-state index is 0.392. The van der Waals surface area contributed by atoms with E-state index in [1.807, 2.05) is 0 Å². The van der Waals surface area contributed by atoms with E-state index in [0.29, 0.717) is 23.3 Å². The average Bonchev–Trinajstić information content (AvgIpc) is 2.11. The van der Waals surface area contributed by atoms with Crippen molar-refractivity contribution in [1.82, 2.24) is 21.5 Å². The van der Waals surface area contributed by atoms with Crippen molar-refractivity contribution in [3.05, 3.63) is 0 Å². The van der Waals surface area contributed by atoms with Crippen LogP contribution in [0.1, 0.15) is 0 Å². The van der Waals surface area contributed by atoms with Gasteiger partial charge in [0, 0.05) is 13.1 Å². The van der Waals surface area contributed by atoms with E-state index in [-0.39, 0.29) is 0 Å². The van der Waals surface area contributed by atoms with E-state index in [1.165, 1.54) is 0 Å². The van der Waals surface area contributed by atoms with Gasteiger partial charge in [-0.25, -0.2) is 11.7 Å². The van der Waals surface area contributed by atoms with E-state index < -0.39 is 0 Å². The van der Waals surface area contributed by atoms with Crippen LogP contribution in [0.25, 0.3) is 0 Å². The quantitative estimate of drug-likeness (QED) is 0.133. The summed E-state index contributed by atoms with van der Waals surface area (Å²) in [5.41, 5.74) is 4.57. The first-order valence-corrected chi connectivity index (χ1v) is 4.01. The second kappa shape index (κ2) is 6.98. The summed E-state index contributed by atoms with van der Waals surface area (Å²) in [4.78, 5) is 0. The number of nitrogens with two attached hydrogens (primary N) is 2. The zero-order valence-electron chi connectivity index (χ0n) is 6.39. The van der Waals surface area contributed by atoms with E-state index in [0.717, 1.165) is 0 Å². The number of hydrazine groups is 2. The molecule has 0 aromatic heterocycles. The molecule has 0 aliphatic carbocycles. The summed E-state index contributed by atoms with van der Waals surface area (Å²) >= 11 is 9.43. The highest BCUT2D eigenvalue weighted by atomic mass is 32.1. The van der Waals surface area contributed by atoms with Crippen molar-refractivity contribution >= 4 is 34.7 Å². The minimum absolute atomic E-state index is 0.392. The predicted octanol–water partition coefficient (Wildman–Crippen LogP) is -2.34. The molecule has 0 unspecified atom stereocenters. The molecule has 0 aromatic carbocycles. The Morgan fingerprint density at radius 1 is 0.917 bits per heavy atom. The summed E-state index contributed by atoms with van der Waals surface area (Å²) in [5.74, 6) is 10.0. The van der Waals surface area contributed by atoms with Gasteiger partial charge in [-0.3, -0.25) is 0 Å². The fraction of sp³-hybridized carbons (Fsp3) is 0.500. The highest BCUT2D eigenvalue weighted by Gasteiger charge is 1.91. The number of rotatable bonds is 3. The molecule has 6 nitrogen and oxygen atoms in total. The molecule has 0 fully saturated rings. The summed E-state index contributed by atoms with van der Waals surface area (Å²) in [5, 5.41) is 6.42. The van der Waals surface area contributed by atoms with Crippen molar-refractivity contribution in [2.45, 2.75) is 0 Å². The average molecular weight is 208 g/mol. The van der Waals surface area contributed by atoms with Gasteiger partial charge in [-0.1, -0.05) is 0 Å². The summed E-state index contributed by atoms with van der Waals surface area (Å²) in [6.45, 7) is 1.23. The van der Waals surface area contributed by atoms with Gasteiger partial charge in [0.25, 0.3) is 0 Å². The van der Waals surface area contributed by atoms with Gasteiger partial charge in [0.15, 0.2) is 10.2 Å². The molecule has 0 aliphatic rings. The van der Waals surface area contributed by atoms with E-state index in [9.17, 15) is 0 Å². The Hall–Kier alpha value is -0.700. The van der Waals surface area contributed by atoms with Crippen molar-refractivity contribution in [1.29, 1.82) is 0 Å². The third-order valence-corrected chi connectivity index (χ3v) is 1.48. The molecule has 0 rings (SSSR count). The van der Waals surface area contributed by atoms with Gasteiger partial charge in [0.05, 0.1) is 0 Å². The monoisotopic (exact) mass is 208 g/mol. The highest BCUT2D eigenvalue weighted by Crippen LogP contribution is 1.63. The maximum Gasteiger partial charge on any atom is 0.180 e. The summed E-state index contributed by atoms with van der Waals surface area (Å²) in [6.07, 6.45) is 0. The van der Waals surface area contributed by atoms with Crippen LogP contribution >= 0.6 is 24.4 Å². The summed E-state index contributed by atoms with van der Waals surface area (Å²) < 4.78 is 0. The van der Waals surface area contributed by atoms with Gasteiger partial charge in [0.1, 0.15) is 0 Å². The van der Waals surface area contributed by atoms with Gasteiger partial charge in [-0.2, -0.15) is 0 Å². The first kappa shape index (κ1) is 11.3. The topological polar surface area (TPSA) is 100 Å². The number of thiocarbonyl (C=S) groups is 2. The Morgan fingerprint density at radius 2 is 1.25 bits per heavy atom. The van der Waals surface area contributed by atoms with Crippen LogP contribution in [0.4, 0.5) is 0 Å². The zero-order valence-corrected chi connectivity index (χ0v) is 8.02. The van der Waals surface area contributed by atoms with E-state index in [2.05, 4.69) is 21.5 Å². The molecule has 0 saturated heterocycles. The lowest BCUT2D eigenvalue weighted by Gasteiger charge is -2.08. The smallest absolute Gasteiger partial charge is 0.180 e. The minimum Gasteiger partial charge on any atom is -0.360 e. The molecule has 0 aromatic rings. The van der Waals surface area contributed by atoms with Crippen LogP contribution in [0.5, 0.6) is 0 Å². The lowest BCUT2D eigenvalue weighted by molar-refractivity contribution is 0.782. The lowest BCUT2D eigenvalue weighted by atomic mass is 10.6. The summed E-state index contributed by atoms with van der Waals surface area (Å²) in [6, 6.07) is 0. The fourth-order valence-corrected chi connectivity index (χ4v) is 0.658. The predicted molar refractivity (Wildman–Crippen MR) is 55.8 cm³/mol. The van der Waals surface area contributed by atoms with Gasteiger partial charge in [-0.05, 0) is 24.4 Å². The fourth-order valence-electron chi connectivity index (χ4n) is 0.454. The van der Waals surface area contributed by atoms with Gasteiger partial charge >= 0.3 is 0 Å². The zero-order chi connectivity index (χ0) is 9.40. The number of nitrogens with one attached hydrogen (secondary N) is 4. The highest BCUT2D eigenvalue weighted by molar-refractivity contribution is 7.80. The second-order valence-corrected chi connectivity index (χ2v) is 2.62. The van der Waals surface area contributed by atoms with Gasteiger partial charge in [0.2, 0.25) is 0 Å². The molecule has 0 atom stereocenters. The molecule has 0 amide bonds. The van der Waals surface area contributed by atoms with Crippen molar-refractivity contribution < 1.29 is 0 Å². The molecule has 8 N–H and O–H groups in total. The Bertz CT molecular complexity index is 142. The van der Waals surface area contributed by atoms with E-state index in [4.69, 9.17) is 36.1 Å². The molecule has 70 valence electrons. The molecule has 0 heterocycles. The standard InChI is InChI=1S/C4H12N6S2/c5-9-3(11)7-1-2-8-4(12)10-6/h1-2,5-6H2,(H2,7,9,11)(H2,8,10,12). The van der Waals surface area contributed by atoms with Crippen molar-refractivity contribution in [2.24, 2.45) is 11.7 Å². The summed E-state index contributed by atoms with van der Waals surface area (Å²) in [7, 11) is 0. The van der Waals surface area contributed by atoms with E-state index in [1.54, 1.807) is 0 Å². The van der Waals surface area contributed by atoms with Crippen LogP contribution in [0.3, 0.4) is 0 Å². The van der Waals surface area contributed by atoms with Crippen molar-refractivity contribution in [2.75, 3.05) is 13.1 Å². The van der Waals surface area contributed by atoms with Gasteiger partial charge < -0.3 is 21.5 Å². The Balaban J connectivity index is 3.21. The number of hydrogen-bond acceptors (Lipinski definition) is 4. The molecule has 0 bridgehead atoms. The third kappa shape index (κ3) is 6.04. The molecule has 8 heteroatoms. The molecule has 0 saturated carbocycles. The van der Waals surface area contributed by atoms with Crippen LogP contribution in [-0.2, 0) is 0 Å². The largest absolute Gasteiger partial charge is 0.360 e. The molecule has 0 spiro atoms. The van der Waals surface area contributed by atoms with Crippen LogP contribution in [0.15, 0.2) is 0 Å². The lowest BCUT2D eigenvalue weighted by Crippen LogP contribution is -2.45. The van der Waals surface area contributed by atoms with Gasteiger partial charge in [-0.15, -0.1) is 0 Å². The van der Waals surface area contributed by atoms with Crippen LogP contribution in [-0.4, -0.2) is 23.3 Å². The molecule has 0 radical (unpaired) electrons. The van der Waals surface area contributed by atoms with Crippen molar-refractivity contribution in [3.63, 3.8) is 0 Å². The first-order chi connectivity index (χ1) is 5.70. The SMILES string of the molecule is NNC(=S)NCCNC(=S)NN. The van der Waals surface area contributed by atoms with Crippen LogP contribution in [0, 0.1) is 0 Å². The second-order valence-electron chi connectivity index (χ2n) is 1.80. The molecular formula is C4H12N6S2. The normalized spacial score (nSPS) is 8.50. The first-order valence-electron chi connectivity index (χ1n) is 3.19. The third-order valence-electron chi connectivity index (χ3n) is 0.958. The Morgan fingerprint density at radius 3 is 1.50 bits per heavy atom. The Labute approximate surface area is 81.4 Å². The molecule has 12 heavy (non-hydrogen) atoms. The van der Waals surface area contributed by atoms with Crippen LogP contribution < -0.4 is 33.2 Å². The molecule has 0 aliphatic heterocycles. The van der Waals surface area contributed by atoms with Crippen molar-refractivity contribution in [3.8, 4) is 0 Å². The maximum atomic E-state index is 5.01. The maximum absolute atomic E-state index is 5.01. The Kier molecular flexibility index (Phi) is 6.57. The van der Waals surface area contributed by atoms with Crippen LogP contribution in [0.2, 0.25) is 0 Å².